The van der Waals surface area contributed by atoms with Gasteiger partial charge in [0.25, 0.3) is 5.91 Å². The summed E-state index contributed by atoms with van der Waals surface area (Å²) in [4.78, 5) is 15.4. The number of amides is 1. The van der Waals surface area contributed by atoms with E-state index in [1.165, 1.54) is 0 Å². The van der Waals surface area contributed by atoms with Gasteiger partial charge in [-0.3, -0.25) is 4.79 Å². The first-order valence-electron chi connectivity index (χ1n) is 6.49. The van der Waals surface area contributed by atoms with Crippen LogP contribution in [-0.2, 0) is 0 Å². The fraction of sp³-hybridized carbons (Fsp3) is 0.200. The van der Waals surface area contributed by atoms with Gasteiger partial charge in [-0.1, -0.05) is 5.16 Å². The number of fused-ring (bicyclic) bond motifs is 1. The fourth-order valence-corrected chi connectivity index (χ4v) is 2.28. The van der Waals surface area contributed by atoms with Crippen molar-refractivity contribution >= 4 is 22.6 Å². The molecule has 0 bridgehead atoms. The highest BCUT2D eigenvalue weighted by atomic mass is 16.5. The molecule has 0 radical (unpaired) electrons. The van der Waals surface area contributed by atoms with Gasteiger partial charge in [0.05, 0.1) is 7.11 Å². The van der Waals surface area contributed by atoms with Crippen molar-refractivity contribution in [3.63, 3.8) is 0 Å². The standard InChI is InChI=1S/C15H15N3O3/c1-8-6-13(18-21-8)17-15(19)14-9(2)11-5-4-10(20-3)7-12(11)16-14/h4-7,16H,1-3H3,(H,17,18,19). The molecule has 2 heterocycles. The average Bonchev–Trinajstić information content (AvgIpc) is 3.02. The minimum absolute atomic E-state index is 0.254. The quantitative estimate of drug-likeness (QED) is 0.775. The van der Waals surface area contributed by atoms with Crippen molar-refractivity contribution in [3.05, 3.63) is 41.3 Å². The zero-order chi connectivity index (χ0) is 15.0. The molecule has 0 aliphatic rings. The van der Waals surface area contributed by atoms with E-state index < -0.39 is 0 Å². The van der Waals surface area contributed by atoms with Crippen LogP contribution in [0, 0.1) is 13.8 Å². The first-order valence-corrected chi connectivity index (χ1v) is 6.49. The number of nitrogens with one attached hydrogen (secondary N) is 2. The second kappa shape index (κ2) is 4.97. The monoisotopic (exact) mass is 285 g/mol. The van der Waals surface area contributed by atoms with Gasteiger partial charge in [0.2, 0.25) is 0 Å². The van der Waals surface area contributed by atoms with Crippen molar-refractivity contribution in [1.29, 1.82) is 0 Å². The van der Waals surface area contributed by atoms with Crippen LogP contribution in [-0.4, -0.2) is 23.2 Å². The highest BCUT2D eigenvalue weighted by Gasteiger charge is 2.16. The van der Waals surface area contributed by atoms with Crippen molar-refractivity contribution in [1.82, 2.24) is 10.1 Å². The first kappa shape index (κ1) is 13.2. The molecule has 0 saturated carbocycles. The molecule has 21 heavy (non-hydrogen) atoms. The number of carbonyl (C=O) groups is 1. The SMILES string of the molecule is COc1ccc2c(C)c(C(=O)Nc3cc(C)on3)[nH]c2c1. The molecule has 1 aromatic carbocycles. The van der Waals surface area contributed by atoms with Crippen molar-refractivity contribution in [3.8, 4) is 5.75 Å². The summed E-state index contributed by atoms with van der Waals surface area (Å²) in [6.45, 7) is 3.66. The van der Waals surface area contributed by atoms with Gasteiger partial charge in [0.1, 0.15) is 17.2 Å². The van der Waals surface area contributed by atoms with E-state index in [1.807, 2.05) is 25.1 Å². The lowest BCUT2D eigenvalue weighted by Crippen LogP contribution is -2.13. The van der Waals surface area contributed by atoms with Crippen LogP contribution in [0.25, 0.3) is 10.9 Å². The van der Waals surface area contributed by atoms with Crippen molar-refractivity contribution in [2.75, 3.05) is 12.4 Å². The van der Waals surface area contributed by atoms with Gasteiger partial charge in [-0.2, -0.15) is 0 Å². The van der Waals surface area contributed by atoms with Gasteiger partial charge in [-0.05, 0) is 31.5 Å². The largest absolute Gasteiger partial charge is 0.497 e. The van der Waals surface area contributed by atoms with Gasteiger partial charge in [-0.25, -0.2) is 0 Å². The number of H-pyrrole nitrogens is 1. The van der Waals surface area contributed by atoms with Gasteiger partial charge in [-0.15, -0.1) is 0 Å². The number of methoxy groups -OCH3 is 1. The molecule has 0 aliphatic carbocycles. The van der Waals surface area contributed by atoms with Crippen molar-refractivity contribution < 1.29 is 14.1 Å². The molecule has 6 nitrogen and oxygen atoms in total. The third-order valence-corrected chi connectivity index (χ3v) is 3.36. The molecule has 1 amide bonds. The molecule has 108 valence electrons. The molecular formula is C15H15N3O3. The Morgan fingerprint density at radius 2 is 2.14 bits per heavy atom. The van der Waals surface area contributed by atoms with Crippen LogP contribution >= 0.6 is 0 Å². The summed E-state index contributed by atoms with van der Waals surface area (Å²) in [6, 6.07) is 7.32. The summed E-state index contributed by atoms with van der Waals surface area (Å²) in [5.74, 6) is 1.52. The number of rotatable bonds is 3. The number of anilines is 1. The molecule has 6 heteroatoms. The van der Waals surface area contributed by atoms with E-state index in [2.05, 4.69) is 15.5 Å². The van der Waals surface area contributed by atoms with E-state index in [9.17, 15) is 4.79 Å². The number of hydrogen-bond donors (Lipinski definition) is 2. The Balaban J connectivity index is 1.96. The van der Waals surface area contributed by atoms with E-state index in [4.69, 9.17) is 9.26 Å². The number of aromatic nitrogens is 2. The number of carbonyl (C=O) groups excluding carboxylic acids is 1. The summed E-state index contributed by atoms with van der Waals surface area (Å²) in [6.07, 6.45) is 0. The number of nitrogens with zero attached hydrogens (tertiary/aromatic N) is 1. The van der Waals surface area contributed by atoms with E-state index in [0.717, 1.165) is 22.2 Å². The lowest BCUT2D eigenvalue weighted by Gasteiger charge is -1.99. The molecular weight excluding hydrogens is 270 g/mol. The lowest BCUT2D eigenvalue weighted by molar-refractivity contribution is 0.102. The Labute approximate surface area is 121 Å². The second-order valence-corrected chi connectivity index (χ2v) is 4.81. The van der Waals surface area contributed by atoms with Crippen LogP contribution in [0.15, 0.2) is 28.8 Å². The van der Waals surface area contributed by atoms with E-state index in [0.29, 0.717) is 17.3 Å². The Morgan fingerprint density at radius 3 is 2.81 bits per heavy atom. The lowest BCUT2D eigenvalue weighted by atomic mass is 10.1. The Bertz CT molecular complexity index is 817. The zero-order valence-electron chi connectivity index (χ0n) is 12.0. The van der Waals surface area contributed by atoms with E-state index in [-0.39, 0.29) is 5.91 Å². The first-order chi connectivity index (χ1) is 10.1. The van der Waals surface area contributed by atoms with Crippen LogP contribution < -0.4 is 10.1 Å². The molecule has 0 spiro atoms. The number of aryl methyl sites for hydroxylation is 2. The summed E-state index contributed by atoms with van der Waals surface area (Å²) in [5, 5.41) is 7.44. The molecule has 0 atom stereocenters. The van der Waals surface area contributed by atoms with Crippen LogP contribution in [0.4, 0.5) is 5.82 Å². The summed E-state index contributed by atoms with van der Waals surface area (Å²) in [7, 11) is 1.61. The molecule has 0 fully saturated rings. The normalized spacial score (nSPS) is 10.8. The van der Waals surface area contributed by atoms with Gasteiger partial charge in [0, 0.05) is 23.0 Å². The molecule has 0 unspecified atom stereocenters. The third kappa shape index (κ3) is 2.35. The molecule has 0 aliphatic heterocycles. The van der Waals surface area contributed by atoms with Crippen LogP contribution in [0.1, 0.15) is 21.8 Å². The maximum Gasteiger partial charge on any atom is 0.273 e. The van der Waals surface area contributed by atoms with E-state index in [1.54, 1.807) is 20.1 Å². The predicted molar refractivity (Wildman–Crippen MR) is 78.8 cm³/mol. The molecule has 2 N–H and O–H groups in total. The Hall–Kier alpha value is -2.76. The predicted octanol–water partition coefficient (Wildman–Crippen LogP) is 3.03. The van der Waals surface area contributed by atoms with Crippen LogP contribution in [0.5, 0.6) is 5.75 Å². The van der Waals surface area contributed by atoms with Crippen LogP contribution in [0.3, 0.4) is 0 Å². The van der Waals surface area contributed by atoms with Gasteiger partial charge in [0.15, 0.2) is 5.82 Å². The number of benzene rings is 1. The molecule has 0 saturated heterocycles. The van der Waals surface area contributed by atoms with Crippen molar-refractivity contribution in [2.45, 2.75) is 13.8 Å². The average molecular weight is 285 g/mol. The minimum Gasteiger partial charge on any atom is -0.497 e. The van der Waals surface area contributed by atoms with Gasteiger partial charge < -0.3 is 19.6 Å². The maximum absolute atomic E-state index is 12.3. The second-order valence-electron chi connectivity index (χ2n) is 4.81. The van der Waals surface area contributed by atoms with Crippen molar-refractivity contribution in [2.24, 2.45) is 0 Å². The van der Waals surface area contributed by atoms with Crippen LogP contribution in [0.2, 0.25) is 0 Å². The molecule has 3 aromatic rings. The highest BCUT2D eigenvalue weighted by molar-refractivity contribution is 6.07. The molecule has 2 aromatic heterocycles. The molecule has 3 rings (SSSR count). The summed E-state index contributed by atoms with van der Waals surface area (Å²) < 4.78 is 10.1. The van der Waals surface area contributed by atoms with E-state index >= 15 is 0 Å². The topological polar surface area (TPSA) is 80.2 Å². The Kier molecular flexibility index (Phi) is 3.13. The number of hydrogen-bond acceptors (Lipinski definition) is 4. The third-order valence-electron chi connectivity index (χ3n) is 3.36. The number of aromatic amines is 1. The summed E-state index contributed by atoms with van der Waals surface area (Å²) >= 11 is 0. The highest BCUT2D eigenvalue weighted by Crippen LogP contribution is 2.26. The zero-order valence-corrected chi connectivity index (χ0v) is 12.0. The fourth-order valence-electron chi connectivity index (χ4n) is 2.28. The minimum atomic E-state index is -0.254. The summed E-state index contributed by atoms with van der Waals surface area (Å²) in [5.41, 5.74) is 2.23. The smallest absolute Gasteiger partial charge is 0.273 e. The maximum atomic E-state index is 12.3. The Morgan fingerprint density at radius 1 is 1.33 bits per heavy atom. The van der Waals surface area contributed by atoms with Gasteiger partial charge >= 0.3 is 0 Å². The number of ether oxygens (including phenoxy) is 1.